The Balaban J connectivity index is 0.00000147. The summed E-state index contributed by atoms with van der Waals surface area (Å²) in [6, 6.07) is 10.2. The number of rotatable bonds is 3. The second-order valence-electron chi connectivity index (χ2n) is 5.07. The maximum absolute atomic E-state index is 10.9. The van der Waals surface area contributed by atoms with E-state index >= 15 is 0 Å². The van der Waals surface area contributed by atoms with Crippen LogP contribution in [0.3, 0.4) is 0 Å². The van der Waals surface area contributed by atoms with Crippen molar-refractivity contribution in [3.8, 4) is 0 Å². The van der Waals surface area contributed by atoms with Crippen LogP contribution in [-0.4, -0.2) is 11.0 Å². The van der Waals surface area contributed by atoms with Gasteiger partial charge in [0.15, 0.2) is 0 Å². The van der Waals surface area contributed by atoms with Crippen molar-refractivity contribution >= 4 is 5.97 Å². The molecule has 2 aromatic rings. The number of aliphatic carboxylic acids is 1. The van der Waals surface area contributed by atoms with Crippen LogP contribution in [0.25, 0.3) is 0 Å². The number of carboxylic acid groups (broad SMARTS) is 1. The number of pyridine rings is 1. The minimum Gasteiger partial charge on any atom is -0.550 e. The number of carbonyl (C=O) groups excluding carboxylic acids is 1. The maximum Gasteiger partial charge on any atom is 1.00 e. The topological polar surface area (TPSA) is 53.0 Å². The molecule has 0 N–H and O–H groups in total. The van der Waals surface area contributed by atoms with E-state index in [9.17, 15) is 9.90 Å². The summed E-state index contributed by atoms with van der Waals surface area (Å²) >= 11 is 0. The Morgan fingerprint density at radius 2 is 2.00 bits per heavy atom. The van der Waals surface area contributed by atoms with Crippen LogP contribution in [0.15, 0.2) is 42.7 Å². The average molecular weight is 275 g/mol. The van der Waals surface area contributed by atoms with Gasteiger partial charge in [-0.15, -0.1) is 0 Å². The molecule has 0 saturated heterocycles. The average Bonchev–Trinajstić information content (AvgIpc) is 2.83. The molecule has 96 valence electrons. The minimum atomic E-state index is -0.940. The monoisotopic (exact) mass is 275 g/mol. The predicted octanol–water partition coefficient (Wildman–Crippen LogP) is -1.86. The van der Waals surface area contributed by atoms with Gasteiger partial charge in [-0.3, -0.25) is 4.98 Å². The van der Waals surface area contributed by atoms with Gasteiger partial charge in [0.25, 0.3) is 0 Å². The number of carboxylic acids is 1. The molecule has 1 heterocycles. The van der Waals surface area contributed by atoms with Crippen LogP contribution >= 0.6 is 0 Å². The molecular weight excluding hydrogens is 261 g/mol. The first-order valence-corrected chi connectivity index (χ1v) is 6.43. The molecule has 20 heavy (non-hydrogen) atoms. The molecule has 1 aromatic heterocycles. The summed E-state index contributed by atoms with van der Waals surface area (Å²) in [5, 5.41) is 10.9. The van der Waals surface area contributed by atoms with Crippen LogP contribution in [0.4, 0.5) is 0 Å². The van der Waals surface area contributed by atoms with E-state index in [1.807, 2.05) is 24.4 Å². The Morgan fingerprint density at radius 3 is 2.70 bits per heavy atom. The van der Waals surface area contributed by atoms with Crippen LogP contribution in [0.2, 0.25) is 0 Å². The first kappa shape index (κ1) is 15.2. The number of fused-ring (bicyclic) bond motifs is 1. The molecule has 3 nitrogen and oxygen atoms in total. The van der Waals surface area contributed by atoms with Gasteiger partial charge in [0.1, 0.15) is 0 Å². The Hall–Kier alpha value is -1.16. The van der Waals surface area contributed by atoms with Crippen LogP contribution in [-0.2, 0) is 24.1 Å². The molecule has 1 aliphatic carbocycles. The van der Waals surface area contributed by atoms with Crippen molar-refractivity contribution in [2.75, 3.05) is 0 Å². The second-order valence-corrected chi connectivity index (χ2v) is 5.07. The third kappa shape index (κ3) is 3.29. The predicted molar refractivity (Wildman–Crippen MR) is 69.4 cm³/mol. The number of hydrogen-bond acceptors (Lipinski definition) is 3. The fourth-order valence-electron chi connectivity index (χ4n) is 2.69. The van der Waals surface area contributed by atoms with Crippen molar-refractivity contribution in [2.45, 2.75) is 19.3 Å². The van der Waals surface area contributed by atoms with Crippen molar-refractivity contribution in [1.82, 2.24) is 4.98 Å². The molecule has 3 rings (SSSR count). The first-order chi connectivity index (χ1) is 9.22. The fourth-order valence-corrected chi connectivity index (χ4v) is 2.69. The SMILES string of the molecule is O=C([O-])C1Cc2ccc(Cc3cccnc3)cc2C1.[Na+]. The van der Waals surface area contributed by atoms with E-state index < -0.39 is 5.97 Å². The van der Waals surface area contributed by atoms with E-state index in [0.717, 1.165) is 23.1 Å². The second kappa shape index (κ2) is 6.53. The molecule has 0 spiro atoms. The Bertz CT molecular complexity index is 613. The largest absolute Gasteiger partial charge is 1.00 e. The van der Waals surface area contributed by atoms with Gasteiger partial charge in [-0.05, 0) is 47.6 Å². The van der Waals surface area contributed by atoms with Crippen LogP contribution in [0, 0.1) is 5.92 Å². The molecule has 0 fully saturated rings. The van der Waals surface area contributed by atoms with Crippen molar-refractivity contribution < 1.29 is 39.5 Å². The molecule has 4 heteroatoms. The number of benzene rings is 1. The van der Waals surface area contributed by atoms with Gasteiger partial charge in [0, 0.05) is 24.3 Å². The Labute approximate surface area is 140 Å². The first-order valence-electron chi connectivity index (χ1n) is 6.43. The van der Waals surface area contributed by atoms with Crippen molar-refractivity contribution in [3.63, 3.8) is 0 Å². The maximum atomic E-state index is 10.9. The number of aromatic nitrogens is 1. The van der Waals surface area contributed by atoms with E-state index in [4.69, 9.17) is 0 Å². The van der Waals surface area contributed by atoms with Crippen LogP contribution in [0.1, 0.15) is 22.3 Å². The van der Waals surface area contributed by atoms with Gasteiger partial charge in [-0.2, -0.15) is 0 Å². The van der Waals surface area contributed by atoms with Crippen molar-refractivity contribution in [2.24, 2.45) is 5.92 Å². The standard InChI is InChI=1S/C16H15NO2.Na/c18-16(19)15-8-13-4-3-11(7-14(13)9-15)6-12-2-1-5-17-10-12;/h1-5,7,10,15H,6,8-9H2,(H,18,19);/q;+1/p-1. The molecule has 0 radical (unpaired) electrons. The zero-order valence-electron chi connectivity index (χ0n) is 11.5. The van der Waals surface area contributed by atoms with Gasteiger partial charge >= 0.3 is 29.6 Å². The summed E-state index contributed by atoms with van der Waals surface area (Å²) in [5.41, 5.74) is 4.65. The number of nitrogens with zero attached hydrogens (tertiary/aromatic N) is 1. The summed E-state index contributed by atoms with van der Waals surface area (Å²) in [5.74, 6) is -1.30. The fraction of sp³-hybridized carbons (Fsp3) is 0.250. The Morgan fingerprint density at radius 1 is 1.20 bits per heavy atom. The molecule has 1 aromatic carbocycles. The molecule has 0 aliphatic heterocycles. The summed E-state index contributed by atoms with van der Waals surface area (Å²) in [6.45, 7) is 0. The molecule has 1 unspecified atom stereocenters. The van der Waals surface area contributed by atoms with Gasteiger partial charge in [0.05, 0.1) is 0 Å². The number of hydrogen-bond donors (Lipinski definition) is 0. The molecular formula is C16H14NNaO2. The smallest absolute Gasteiger partial charge is 0.550 e. The third-order valence-electron chi connectivity index (χ3n) is 3.67. The molecule has 0 amide bonds. The zero-order valence-corrected chi connectivity index (χ0v) is 13.5. The van der Waals surface area contributed by atoms with Crippen molar-refractivity contribution in [1.29, 1.82) is 0 Å². The van der Waals surface area contributed by atoms with E-state index in [2.05, 4.69) is 17.1 Å². The van der Waals surface area contributed by atoms with Gasteiger partial charge in [-0.25, -0.2) is 0 Å². The summed E-state index contributed by atoms with van der Waals surface area (Å²) in [7, 11) is 0. The molecule has 1 atom stereocenters. The van der Waals surface area contributed by atoms with E-state index in [1.165, 1.54) is 5.56 Å². The Kier molecular flexibility index (Phi) is 4.97. The van der Waals surface area contributed by atoms with Gasteiger partial charge in [0.2, 0.25) is 0 Å². The minimum absolute atomic E-state index is 0. The van der Waals surface area contributed by atoms with E-state index in [-0.39, 0.29) is 35.5 Å². The molecule has 0 saturated carbocycles. The molecule has 0 bridgehead atoms. The summed E-state index contributed by atoms with van der Waals surface area (Å²) in [4.78, 5) is 15.0. The van der Waals surface area contributed by atoms with Crippen molar-refractivity contribution in [3.05, 3.63) is 65.0 Å². The van der Waals surface area contributed by atoms with Crippen LogP contribution < -0.4 is 34.7 Å². The molecule has 1 aliphatic rings. The normalized spacial score (nSPS) is 16.3. The van der Waals surface area contributed by atoms with Gasteiger partial charge < -0.3 is 9.90 Å². The summed E-state index contributed by atoms with van der Waals surface area (Å²) < 4.78 is 0. The zero-order chi connectivity index (χ0) is 13.2. The summed E-state index contributed by atoms with van der Waals surface area (Å²) in [6.07, 6.45) is 5.65. The van der Waals surface area contributed by atoms with Gasteiger partial charge in [-0.1, -0.05) is 24.3 Å². The quantitative estimate of drug-likeness (QED) is 0.617. The van der Waals surface area contributed by atoms with E-state index in [1.54, 1.807) is 6.20 Å². The van der Waals surface area contributed by atoms with Crippen LogP contribution in [0.5, 0.6) is 0 Å². The third-order valence-corrected chi connectivity index (χ3v) is 3.67. The van der Waals surface area contributed by atoms with E-state index in [0.29, 0.717) is 12.8 Å². The number of carbonyl (C=O) groups is 1.